The number of urea groups is 1. The molecule has 1 heterocycles. The molecule has 2 aliphatic rings. The maximum atomic E-state index is 12.1. The SMILES string of the molecule is CCN1CCN(CCCCNC(=O)N[C@H]2CCc3ccccc32)CC1. The minimum atomic E-state index is -0.0294. The van der Waals surface area contributed by atoms with Gasteiger partial charge in [-0.25, -0.2) is 4.79 Å². The first-order chi connectivity index (χ1) is 12.3. The van der Waals surface area contributed by atoms with Crippen molar-refractivity contribution in [2.45, 2.75) is 38.6 Å². The lowest BCUT2D eigenvalue weighted by Crippen LogP contribution is -2.46. The molecule has 1 aromatic rings. The fourth-order valence-electron chi connectivity index (χ4n) is 3.91. The van der Waals surface area contributed by atoms with Crippen LogP contribution in [0.5, 0.6) is 0 Å². The number of carbonyl (C=O) groups excluding carboxylic acids is 1. The average Bonchev–Trinajstić information content (AvgIpc) is 3.05. The normalized spacial score (nSPS) is 21.1. The number of likely N-dealkylation sites (N-methyl/N-ethyl adjacent to an activating group) is 1. The summed E-state index contributed by atoms with van der Waals surface area (Å²) in [5, 5.41) is 6.14. The molecule has 1 saturated heterocycles. The van der Waals surface area contributed by atoms with Crippen LogP contribution < -0.4 is 10.6 Å². The molecule has 1 aromatic carbocycles. The Hall–Kier alpha value is -1.59. The lowest BCUT2D eigenvalue weighted by Gasteiger charge is -2.33. The smallest absolute Gasteiger partial charge is 0.315 e. The Bertz CT molecular complexity index is 554. The van der Waals surface area contributed by atoms with Gasteiger partial charge in [0.15, 0.2) is 0 Å². The number of unbranched alkanes of at least 4 members (excludes halogenated alkanes) is 1. The van der Waals surface area contributed by atoms with Crippen LogP contribution in [0.25, 0.3) is 0 Å². The van der Waals surface area contributed by atoms with Gasteiger partial charge < -0.3 is 20.4 Å². The first-order valence-electron chi connectivity index (χ1n) is 9.83. The number of carbonyl (C=O) groups is 1. The number of hydrogen-bond donors (Lipinski definition) is 2. The maximum Gasteiger partial charge on any atom is 0.315 e. The molecule has 5 nitrogen and oxygen atoms in total. The Kier molecular flexibility index (Phi) is 6.70. The summed E-state index contributed by atoms with van der Waals surface area (Å²) in [5.74, 6) is 0. The van der Waals surface area contributed by atoms with Gasteiger partial charge in [-0.2, -0.15) is 0 Å². The Labute approximate surface area is 151 Å². The van der Waals surface area contributed by atoms with Crippen molar-refractivity contribution >= 4 is 6.03 Å². The second-order valence-corrected chi connectivity index (χ2v) is 7.17. The van der Waals surface area contributed by atoms with Crippen LogP contribution in [0.1, 0.15) is 43.4 Å². The van der Waals surface area contributed by atoms with Crippen LogP contribution in [-0.4, -0.2) is 61.6 Å². The summed E-state index contributed by atoms with van der Waals surface area (Å²) >= 11 is 0. The van der Waals surface area contributed by atoms with E-state index in [4.69, 9.17) is 0 Å². The number of benzene rings is 1. The van der Waals surface area contributed by atoms with E-state index in [9.17, 15) is 4.79 Å². The Morgan fingerprint density at radius 1 is 1.12 bits per heavy atom. The third-order valence-electron chi connectivity index (χ3n) is 5.54. The second kappa shape index (κ2) is 9.20. The van der Waals surface area contributed by atoms with E-state index in [-0.39, 0.29) is 12.1 Å². The molecule has 1 aliphatic carbocycles. The monoisotopic (exact) mass is 344 g/mol. The fraction of sp³-hybridized carbons (Fsp3) is 0.650. The number of aryl methyl sites for hydroxylation is 1. The van der Waals surface area contributed by atoms with Crippen LogP contribution in [0.15, 0.2) is 24.3 Å². The van der Waals surface area contributed by atoms with Crippen LogP contribution in [0.2, 0.25) is 0 Å². The predicted molar refractivity (Wildman–Crippen MR) is 102 cm³/mol. The van der Waals surface area contributed by atoms with Gasteiger partial charge in [0.25, 0.3) is 0 Å². The molecule has 0 radical (unpaired) electrons. The quantitative estimate of drug-likeness (QED) is 0.747. The molecule has 1 atom stereocenters. The first kappa shape index (κ1) is 18.2. The molecule has 5 heteroatoms. The molecule has 2 amide bonds. The van der Waals surface area contributed by atoms with E-state index in [0.717, 1.165) is 38.8 Å². The molecule has 1 fully saturated rings. The third-order valence-corrected chi connectivity index (χ3v) is 5.54. The highest BCUT2D eigenvalue weighted by molar-refractivity contribution is 5.74. The van der Waals surface area contributed by atoms with Crippen molar-refractivity contribution in [3.63, 3.8) is 0 Å². The molecule has 0 bridgehead atoms. The fourth-order valence-corrected chi connectivity index (χ4v) is 3.91. The number of nitrogens with one attached hydrogen (secondary N) is 2. The van der Waals surface area contributed by atoms with Crippen molar-refractivity contribution in [3.8, 4) is 0 Å². The van der Waals surface area contributed by atoms with Crippen molar-refractivity contribution in [1.29, 1.82) is 0 Å². The topological polar surface area (TPSA) is 47.6 Å². The number of nitrogens with zero attached hydrogens (tertiary/aromatic N) is 2. The molecule has 1 aliphatic heterocycles. The van der Waals surface area contributed by atoms with Gasteiger partial charge >= 0.3 is 6.03 Å². The third kappa shape index (κ3) is 5.19. The van der Waals surface area contributed by atoms with Crippen LogP contribution in [0.4, 0.5) is 4.79 Å². The zero-order chi connectivity index (χ0) is 17.5. The molecule has 0 aromatic heterocycles. The molecule has 0 unspecified atom stereocenters. The van der Waals surface area contributed by atoms with Crippen molar-refractivity contribution in [3.05, 3.63) is 35.4 Å². The van der Waals surface area contributed by atoms with Gasteiger partial charge in [0, 0.05) is 32.7 Å². The van der Waals surface area contributed by atoms with Gasteiger partial charge in [-0.1, -0.05) is 31.2 Å². The Balaban J connectivity index is 1.27. The molecule has 138 valence electrons. The molecular weight excluding hydrogens is 312 g/mol. The van der Waals surface area contributed by atoms with Crippen molar-refractivity contribution in [2.75, 3.05) is 45.8 Å². The van der Waals surface area contributed by atoms with Crippen molar-refractivity contribution in [1.82, 2.24) is 20.4 Å². The zero-order valence-corrected chi connectivity index (χ0v) is 15.5. The molecule has 0 saturated carbocycles. The molecule has 25 heavy (non-hydrogen) atoms. The van der Waals surface area contributed by atoms with E-state index in [0.29, 0.717) is 0 Å². The highest BCUT2D eigenvalue weighted by Crippen LogP contribution is 2.30. The van der Waals surface area contributed by atoms with E-state index in [1.165, 1.54) is 43.9 Å². The molecule has 2 N–H and O–H groups in total. The van der Waals surface area contributed by atoms with Crippen LogP contribution >= 0.6 is 0 Å². The number of fused-ring (bicyclic) bond motifs is 1. The van der Waals surface area contributed by atoms with Crippen LogP contribution in [-0.2, 0) is 6.42 Å². The largest absolute Gasteiger partial charge is 0.338 e. The molecule has 0 spiro atoms. The van der Waals surface area contributed by atoms with Gasteiger partial charge in [0.1, 0.15) is 0 Å². The summed E-state index contributed by atoms with van der Waals surface area (Å²) in [7, 11) is 0. The standard InChI is InChI=1S/C20H32N4O/c1-2-23-13-15-24(16-14-23)12-6-5-11-21-20(25)22-19-10-9-17-7-3-4-8-18(17)19/h3-4,7-8,19H,2,5-6,9-16H2,1H3,(H2,21,22,25)/t19-/m0/s1. The van der Waals surface area contributed by atoms with Gasteiger partial charge in [-0.3, -0.25) is 0 Å². The zero-order valence-electron chi connectivity index (χ0n) is 15.5. The van der Waals surface area contributed by atoms with E-state index >= 15 is 0 Å². The van der Waals surface area contributed by atoms with E-state index in [1.54, 1.807) is 0 Å². The molecular formula is C20H32N4O. The van der Waals surface area contributed by atoms with E-state index in [2.05, 4.69) is 51.6 Å². The highest BCUT2D eigenvalue weighted by atomic mass is 16.2. The first-order valence-corrected chi connectivity index (χ1v) is 9.83. The minimum Gasteiger partial charge on any atom is -0.338 e. The summed E-state index contributed by atoms with van der Waals surface area (Å²) in [5.41, 5.74) is 2.65. The second-order valence-electron chi connectivity index (χ2n) is 7.17. The summed E-state index contributed by atoms with van der Waals surface area (Å²) in [6.07, 6.45) is 4.27. The summed E-state index contributed by atoms with van der Waals surface area (Å²) in [6, 6.07) is 8.56. The van der Waals surface area contributed by atoms with Gasteiger partial charge in [-0.05, 0) is 49.9 Å². The lowest BCUT2D eigenvalue weighted by atomic mass is 10.1. The lowest BCUT2D eigenvalue weighted by molar-refractivity contribution is 0.135. The summed E-state index contributed by atoms with van der Waals surface area (Å²) in [6.45, 7) is 10.1. The van der Waals surface area contributed by atoms with Gasteiger partial charge in [0.05, 0.1) is 6.04 Å². The van der Waals surface area contributed by atoms with E-state index < -0.39 is 0 Å². The van der Waals surface area contributed by atoms with Crippen LogP contribution in [0, 0.1) is 0 Å². The summed E-state index contributed by atoms with van der Waals surface area (Å²) < 4.78 is 0. The number of rotatable bonds is 7. The van der Waals surface area contributed by atoms with Gasteiger partial charge in [-0.15, -0.1) is 0 Å². The maximum absolute atomic E-state index is 12.1. The van der Waals surface area contributed by atoms with E-state index in [1.807, 2.05) is 0 Å². The van der Waals surface area contributed by atoms with Crippen molar-refractivity contribution < 1.29 is 4.79 Å². The van der Waals surface area contributed by atoms with Crippen molar-refractivity contribution in [2.24, 2.45) is 0 Å². The number of piperazine rings is 1. The highest BCUT2D eigenvalue weighted by Gasteiger charge is 2.23. The predicted octanol–water partition coefficient (Wildman–Crippen LogP) is 2.39. The Morgan fingerprint density at radius 2 is 1.88 bits per heavy atom. The Morgan fingerprint density at radius 3 is 2.68 bits per heavy atom. The van der Waals surface area contributed by atoms with Gasteiger partial charge in [0.2, 0.25) is 0 Å². The number of hydrogen-bond acceptors (Lipinski definition) is 3. The summed E-state index contributed by atoms with van der Waals surface area (Å²) in [4.78, 5) is 17.2. The number of amides is 2. The van der Waals surface area contributed by atoms with Crippen LogP contribution in [0.3, 0.4) is 0 Å². The average molecular weight is 345 g/mol. The minimum absolute atomic E-state index is 0.0294. The molecule has 3 rings (SSSR count).